The lowest BCUT2D eigenvalue weighted by Gasteiger charge is -2.27. The van der Waals surface area contributed by atoms with Gasteiger partial charge in [-0.3, -0.25) is 14.3 Å². The fourth-order valence-electron chi connectivity index (χ4n) is 2.57. The third-order valence-corrected chi connectivity index (χ3v) is 4.69. The van der Waals surface area contributed by atoms with Gasteiger partial charge in [0.15, 0.2) is 0 Å². The van der Waals surface area contributed by atoms with Gasteiger partial charge in [-0.15, -0.1) is 5.10 Å². The first-order valence-corrected chi connectivity index (χ1v) is 9.34. The molecule has 8 nitrogen and oxygen atoms in total. The van der Waals surface area contributed by atoms with Crippen LogP contribution in [0.3, 0.4) is 0 Å². The van der Waals surface area contributed by atoms with E-state index < -0.39 is 11.2 Å². The van der Waals surface area contributed by atoms with Crippen molar-refractivity contribution in [1.82, 2.24) is 19.1 Å². The third kappa shape index (κ3) is 4.60. The highest BCUT2D eigenvalue weighted by Crippen LogP contribution is 2.24. The minimum Gasteiger partial charge on any atom is -0.383 e. The Morgan fingerprint density at radius 2 is 2.12 bits per heavy atom. The van der Waals surface area contributed by atoms with Crippen molar-refractivity contribution in [3.8, 4) is 0 Å². The molecule has 2 rings (SSSR count). The van der Waals surface area contributed by atoms with Crippen LogP contribution in [-0.2, 0) is 13.1 Å². The standard InChI is InChI=1S/C15H23ClN6O2S/c1-4-5-6-22-13(17)11(14(23)18-15(22)24)21(7-9(2)3)8-10-12(16)25-20-19-10/h9H,4-8,17H2,1-3H3,(H,18,23,24). The van der Waals surface area contributed by atoms with Gasteiger partial charge < -0.3 is 10.6 Å². The number of hydrogen-bond donors (Lipinski definition) is 2. The van der Waals surface area contributed by atoms with E-state index in [-0.39, 0.29) is 17.4 Å². The van der Waals surface area contributed by atoms with Crippen LogP contribution in [0.4, 0.5) is 11.5 Å². The summed E-state index contributed by atoms with van der Waals surface area (Å²) in [5, 5.41) is 4.01. The molecule has 10 heteroatoms. The molecule has 0 radical (unpaired) electrons. The van der Waals surface area contributed by atoms with Gasteiger partial charge in [-0.2, -0.15) is 0 Å². The third-order valence-electron chi connectivity index (χ3n) is 3.70. The molecule has 0 atom stereocenters. The van der Waals surface area contributed by atoms with Crippen molar-refractivity contribution in [2.45, 2.75) is 46.7 Å². The number of nitrogens with zero attached hydrogens (tertiary/aromatic N) is 4. The summed E-state index contributed by atoms with van der Waals surface area (Å²) in [6, 6.07) is 0. The summed E-state index contributed by atoms with van der Waals surface area (Å²) in [5.74, 6) is 0.433. The number of nitrogens with one attached hydrogen (secondary N) is 1. The van der Waals surface area contributed by atoms with Crippen LogP contribution in [-0.4, -0.2) is 25.7 Å². The van der Waals surface area contributed by atoms with E-state index in [4.69, 9.17) is 17.3 Å². The van der Waals surface area contributed by atoms with Gasteiger partial charge in [0.05, 0.1) is 6.54 Å². The van der Waals surface area contributed by atoms with Crippen molar-refractivity contribution >= 4 is 34.6 Å². The van der Waals surface area contributed by atoms with Crippen LogP contribution < -0.4 is 21.9 Å². The summed E-state index contributed by atoms with van der Waals surface area (Å²) in [6.45, 7) is 7.41. The normalized spacial score (nSPS) is 11.2. The second-order valence-corrected chi connectivity index (χ2v) is 7.62. The molecule has 2 heterocycles. The van der Waals surface area contributed by atoms with E-state index in [0.29, 0.717) is 29.7 Å². The Morgan fingerprint density at radius 1 is 1.40 bits per heavy atom. The molecule has 0 saturated carbocycles. The zero-order chi connectivity index (χ0) is 18.6. The fraction of sp³-hybridized carbons (Fsp3) is 0.600. The molecule has 2 aromatic rings. The quantitative estimate of drug-likeness (QED) is 0.718. The van der Waals surface area contributed by atoms with E-state index in [9.17, 15) is 9.59 Å². The van der Waals surface area contributed by atoms with Crippen LogP contribution in [0, 0.1) is 5.92 Å². The Bertz CT molecular complexity index is 828. The van der Waals surface area contributed by atoms with Crippen LogP contribution in [0.2, 0.25) is 4.34 Å². The van der Waals surface area contributed by atoms with Gasteiger partial charge in [-0.05, 0) is 12.3 Å². The second kappa shape index (κ2) is 8.48. The summed E-state index contributed by atoms with van der Waals surface area (Å²) in [5.41, 5.74) is 6.06. The minimum absolute atomic E-state index is 0.169. The molecule has 0 fully saturated rings. The average Bonchev–Trinajstić information content (AvgIpc) is 2.91. The van der Waals surface area contributed by atoms with Gasteiger partial charge in [-0.1, -0.05) is 43.3 Å². The summed E-state index contributed by atoms with van der Waals surface area (Å²) >= 11 is 7.20. The molecule has 138 valence electrons. The van der Waals surface area contributed by atoms with Crippen LogP contribution in [0.1, 0.15) is 39.3 Å². The molecule has 2 aromatic heterocycles. The Morgan fingerprint density at radius 3 is 2.68 bits per heavy atom. The number of unbranched alkanes of at least 4 members (excludes halogenated alkanes) is 1. The predicted molar refractivity (Wildman–Crippen MR) is 101 cm³/mol. The lowest BCUT2D eigenvalue weighted by Crippen LogP contribution is -2.39. The second-order valence-electron chi connectivity index (χ2n) is 6.27. The minimum atomic E-state index is -0.504. The van der Waals surface area contributed by atoms with Gasteiger partial charge in [0.25, 0.3) is 5.56 Å². The number of nitrogen functional groups attached to an aromatic ring is 1. The maximum absolute atomic E-state index is 12.5. The van der Waals surface area contributed by atoms with Crippen molar-refractivity contribution in [3.63, 3.8) is 0 Å². The molecule has 0 saturated heterocycles. The van der Waals surface area contributed by atoms with Gasteiger partial charge in [0.1, 0.15) is 21.5 Å². The summed E-state index contributed by atoms with van der Waals surface area (Å²) < 4.78 is 5.71. The Balaban J connectivity index is 2.50. The topological polar surface area (TPSA) is 110 Å². The molecule has 0 aliphatic heterocycles. The Hall–Kier alpha value is -1.87. The summed E-state index contributed by atoms with van der Waals surface area (Å²) in [7, 11) is 0. The molecule has 0 spiro atoms. The van der Waals surface area contributed by atoms with Crippen molar-refractivity contribution in [2.24, 2.45) is 5.92 Å². The van der Waals surface area contributed by atoms with E-state index in [2.05, 4.69) is 14.6 Å². The van der Waals surface area contributed by atoms with Gasteiger partial charge in [0, 0.05) is 24.6 Å². The number of halogens is 1. The van der Waals surface area contributed by atoms with Gasteiger partial charge in [0.2, 0.25) is 0 Å². The molecule has 25 heavy (non-hydrogen) atoms. The first-order valence-electron chi connectivity index (χ1n) is 8.19. The number of H-pyrrole nitrogens is 1. The largest absolute Gasteiger partial charge is 0.383 e. The zero-order valence-electron chi connectivity index (χ0n) is 14.6. The van der Waals surface area contributed by atoms with Gasteiger partial charge >= 0.3 is 5.69 Å². The van der Waals surface area contributed by atoms with Crippen molar-refractivity contribution in [1.29, 1.82) is 0 Å². The van der Waals surface area contributed by atoms with E-state index >= 15 is 0 Å². The van der Waals surface area contributed by atoms with Crippen molar-refractivity contribution in [3.05, 3.63) is 30.9 Å². The SMILES string of the molecule is CCCCn1c(N)c(N(Cc2nnsc2Cl)CC(C)C)c(=O)[nH]c1=O. The van der Waals surface area contributed by atoms with Crippen LogP contribution in [0.5, 0.6) is 0 Å². The average molecular weight is 387 g/mol. The molecule has 0 aliphatic carbocycles. The molecule has 3 N–H and O–H groups in total. The molecule has 0 aromatic carbocycles. The smallest absolute Gasteiger partial charge is 0.330 e. The van der Waals surface area contributed by atoms with E-state index in [1.807, 2.05) is 25.7 Å². The molecular formula is C15H23ClN6O2S. The number of aromatic nitrogens is 4. The first-order chi connectivity index (χ1) is 11.8. The maximum Gasteiger partial charge on any atom is 0.330 e. The summed E-state index contributed by atoms with van der Waals surface area (Å²) in [4.78, 5) is 28.7. The first kappa shape index (κ1) is 19.5. The molecule has 0 aliphatic rings. The predicted octanol–water partition coefficient (Wildman–Crippen LogP) is 2.09. The van der Waals surface area contributed by atoms with Crippen molar-refractivity contribution in [2.75, 3.05) is 17.2 Å². The Labute approximate surface area is 154 Å². The molecule has 0 bridgehead atoms. The Kier molecular flexibility index (Phi) is 6.60. The highest BCUT2D eigenvalue weighted by molar-refractivity contribution is 7.10. The van der Waals surface area contributed by atoms with Crippen molar-refractivity contribution < 1.29 is 0 Å². The lowest BCUT2D eigenvalue weighted by molar-refractivity contribution is 0.584. The number of aromatic amines is 1. The van der Waals surface area contributed by atoms with Crippen LogP contribution >= 0.6 is 23.1 Å². The van der Waals surface area contributed by atoms with Crippen LogP contribution in [0.25, 0.3) is 0 Å². The van der Waals surface area contributed by atoms with E-state index in [0.717, 1.165) is 24.4 Å². The highest BCUT2D eigenvalue weighted by Gasteiger charge is 2.21. The number of nitrogens with two attached hydrogens (primary N) is 1. The number of anilines is 2. The molecule has 0 unspecified atom stereocenters. The van der Waals surface area contributed by atoms with E-state index in [1.54, 1.807) is 0 Å². The molecular weight excluding hydrogens is 364 g/mol. The van der Waals surface area contributed by atoms with Gasteiger partial charge in [-0.25, -0.2) is 4.79 Å². The number of hydrogen-bond acceptors (Lipinski definition) is 7. The fourth-order valence-corrected chi connectivity index (χ4v) is 3.18. The highest BCUT2D eigenvalue weighted by atomic mass is 35.5. The summed E-state index contributed by atoms with van der Waals surface area (Å²) in [6.07, 6.45) is 1.71. The van der Waals surface area contributed by atoms with Crippen LogP contribution in [0.15, 0.2) is 9.59 Å². The van der Waals surface area contributed by atoms with E-state index in [1.165, 1.54) is 4.57 Å². The molecule has 0 amide bonds. The number of rotatable bonds is 8. The monoisotopic (exact) mass is 386 g/mol. The zero-order valence-corrected chi connectivity index (χ0v) is 16.2. The maximum atomic E-state index is 12.5. The lowest BCUT2D eigenvalue weighted by atomic mass is 10.2.